The summed E-state index contributed by atoms with van der Waals surface area (Å²) in [5.41, 5.74) is 0. The van der Waals surface area contributed by atoms with Crippen molar-refractivity contribution in [2.75, 3.05) is 0 Å². The minimum Gasteiger partial charge on any atom is -0.462 e. The smallest absolute Gasteiger partial charge is 0.462 e. The molecule has 2 fully saturated rings. The molecule has 0 bridgehead atoms. The topological polar surface area (TPSA) is 52.6 Å². The molecule has 5 heteroatoms. The zero-order valence-corrected chi connectivity index (χ0v) is 14.9. The molecule has 2 rings (SSSR count). The van der Waals surface area contributed by atoms with Crippen molar-refractivity contribution in [1.82, 2.24) is 0 Å². The van der Waals surface area contributed by atoms with Gasteiger partial charge in [-0.1, -0.05) is 0 Å². The van der Waals surface area contributed by atoms with Crippen molar-refractivity contribution in [3.63, 3.8) is 0 Å². The van der Waals surface area contributed by atoms with Gasteiger partial charge in [-0.3, -0.25) is 9.59 Å². The van der Waals surface area contributed by atoms with E-state index in [9.17, 15) is 9.59 Å². The summed E-state index contributed by atoms with van der Waals surface area (Å²) in [5, 5.41) is 0. The first kappa shape index (κ1) is 22.5. The number of ether oxygens (including phenoxy) is 2. The normalized spacial score (nSPS) is 20.7. The Morgan fingerprint density at radius 1 is 0.739 bits per heavy atom. The van der Waals surface area contributed by atoms with E-state index < -0.39 is 0 Å². The second-order valence-corrected chi connectivity index (χ2v) is 4.90. The Morgan fingerprint density at radius 2 is 1.04 bits per heavy atom. The molecule has 2 aliphatic carbocycles. The van der Waals surface area contributed by atoms with E-state index in [1.165, 1.54) is 13.8 Å². The predicted octanol–water partition coefficient (Wildman–Crippen LogP) is 2.68. The fourth-order valence-corrected chi connectivity index (χ4v) is 2.13. The van der Waals surface area contributed by atoms with Crippen molar-refractivity contribution in [2.24, 2.45) is 0 Å². The Morgan fingerprint density at radius 3 is 1.30 bits per heavy atom. The molecule has 2 atom stereocenters. The molecule has 0 heterocycles. The van der Waals surface area contributed by atoms with Crippen LogP contribution in [-0.2, 0) is 36.1 Å². The Labute approximate surface area is 151 Å². The number of carbonyl (C=O) groups excluding carboxylic acids is 2. The average molecular weight is 358 g/mol. The van der Waals surface area contributed by atoms with Gasteiger partial charge in [0.1, 0.15) is 12.2 Å². The molecule has 0 aliphatic heterocycles. The second-order valence-electron chi connectivity index (χ2n) is 4.90. The van der Waals surface area contributed by atoms with E-state index >= 15 is 0 Å². The monoisotopic (exact) mass is 358 g/mol. The van der Waals surface area contributed by atoms with E-state index in [1.807, 2.05) is 51.4 Å². The standard InChI is InChI=1S/C13H17O4.C5H5.Fe/c1-8(16-10(3)14)12-6-5-7-13(12)9(2)17-11(4)15;1-2-4-5-3-1;/h5-9H,1-4H3;1-5H;/q;;+2/t8-,9-;;/m0../s1. The van der Waals surface area contributed by atoms with E-state index in [1.54, 1.807) is 13.8 Å². The number of hydrogen-bond acceptors (Lipinski definition) is 4. The molecule has 0 spiro atoms. The third-order valence-electron chi connectivity index (χ3n) is 3.00. The first-order valence-corrected chi connectivity index (χ1v) is 7.18. The van der Waals surface area contributed by atoms with Crippen LogP contribution in [0.4, 0.5) is 0 Å². The zero-order valence-electron chi connectivity index (χ0n) is 13.8. The van der Waals surface area contributed by atoms with Gasteiger partial charge in [-0.05, 0) is 65.2 Å². The minimum absolute atomic E-state index is 0. The molecule has 0 aromatic carbocycles. The van der Waals surface area contributed by atoms with Crippen LogP contribution >= 0.6 is 0 Å². The molecule has 4 nitrogen and oxygen atoms in total. The molecule has 0 aromatic heterocycles. The average Bonchev–Trinajstić information content (AvgIpc) is 3.12. The van der Waals surface area contributed by atoms with Crippen LogP contribution in [0.1, 0.15) is 27.7 Å². The quantitative estimate of drug-likeness (QED) is 0.573. The third-order valence-corrected chi connectivity index (χ3v) is 3.00. The molecule has 0 saturated heterocycles. The van der Waals surface area contributed by atoms with Gasteiger partial charge in [-0.2, -0.15) is 0 Å². The van der Waals surface area contributed by atoms with Gasteiger partial charge in [0, 0.05) is 25.7 Å². The molecular formula is C18H22FeO4+2. The Balaban J connectivity index is 0.000000684. The molecule has 124 valence electrons. The SMILES string of the molecule is CC(=O)O[C@@H](C)[C]1[CH][CH][CH][C]1[C@H](C)OC(C)=O.[CH]1[CH][CH][CH][CH]1.[Fe+2]. The van der Waals surface area contributed by atoms with Crippen molar-refractivity contribution >= 4 is 11.9 Å². The Bertz CT molecular complexity index is 319. The van der Waals surface area contributed by atoms with Gasteiger partial charge in [0.2, 0.25) is 0 Å². The summed E-state index contributed by atoms with van der Waals surface area (Å²) in [4.78, 5) is 21.8. The van der Waals surface area contributed by atoms with Crippen LogP contribution in [0.3, 0.4) is 0 Å². The van der Waals surface area contributed by atoms with E-state index in [2.05, 4.69) is 0 Å². The van der Waals surface area contributed by atoms with Crippen molar-refractivity contribution < 1.29 is 36.1 Å². The fraction of sp³-hybridized carbons (Fsp3) is 0.333. The van der Waals surface area contributed by atoms with Crippen molar-refractivity contribution in [2.45, 2.75) is 39.9 Å². The van der Waals surface area contributed by atoms with Crippen molar-refractivity contribution in [3.8, 4) is 0 Å². The van der Waals surface area contributed by atoms with E-state index in [-0.39, 0.29) is 41.2 Å². The maximum Gasteiger partial charge on any atom is 2.00 e. The number of esters is 2. The van der Waals surface area contributed by atoms with Gasteiger partial charge < -0.3 is 9.47 Å². The van der Waals surface area contributed by atoms with Crippen LogP contribution in [0.2, 0.25) is 0 Å². The molecule has 23 heavy (non-hydrogen) atoms. The summed E-state index contributed by atoms with van der Waals surface area (Å²) in [5.74, 6) is 1.08. The number of rotatable bonds is 4. The molecular weight excluding hydrogens is 336 g/mol. The number of carbonyl (C=O) groups is 2. The summed E-state index contributed by atoms with van der Waals surface area (Å²) < 4.78 is 10.2. The van der Waals surface area contributed by atoms with Crippen molar-refractivity contribution in [1.29, 1.82) is 0 Å². The summed E-state index contributed by atoms with van der Waals surface area (Å²) in [6.07, 6.45) is 14.9. The first-order valence-electron chi connectivity index (χ1n) is 7.18. The van der Waals surface area contributed by atoms with Crippen LogP contribution in [0.15, 0.2) is 0 Å². The molecule has 2 saturated carbocycles. The summed E-state index contributed by atoms with van der Waals surface area (Å²) >= 11 is 0. The van der Waals surface area contributed by atoms with Crippen LogP contribution in [0.25, 0.3) is 0 Å². The second kappa shape index (κ2) is 11.9. The van der Waals surface area contributed by atoms with Crippen LogP contribution in [0.5, 0.6) is 0 Å². The molecule has 0 N–H and O–H groups in total. The maximum absolute atomic E-state index is 10.9. The van der Waals surface area contributed by atoms with Gasteiger partial charge in [0.15, 0.2) is 0 Å². The largest absolute Gasteiger partial charge is 2.00 e. The number of hydrogen-bond donors (Lipinski definition) is 0. The van der Waals surface area contributed by atoms with Gasteiger partial charge in [-0.25, -0.2) is 0 Å². The third kappa shape index (κ3) is 8.76. The van der Waals surface area contributed by atoms with Crippen molar-refractivity contribution in [3.05, 3.63) is 63.2 Å². The van der Waals surface area contributed by atoms with Crippen LogP contribution < -0.4 is 0 Å². The summed E-state index contributed by atoms with van der Waals surface area (Å²) in [6, 6.07) is 0. The maximum atomic E-state index is 10.9. The van der Waals surface area contributed by atoms with Gasteiger partial charge in [-0.15, -0.1) is 0 Å². The van der Waals surface area contributed by atoms with E-state index in [0.717, 1.165) is 11.8 Å². The summed E-state index contributed by atoms with van der Waals surface area (Å²) in [7, 11) is 0. The Kier molecular flexibility index (Phi) is 11.6. The van der Waals surface area contributed by atoms with Crippen LogP contribution in [-0.4, -0.2) is 24.1 Å². The first-order chi connectivity index (χ1) is 10.4. The molecule has 10 radical (unpaired) electrons. The molecule has 0 unspecified atom stereocenters. The van der Waals surface area contributed by atoms with Crippen LogP contribution in [0, 0.1) is 63.2 Å². The summed E-state index contributed by atoms with van der Waals surface area (Å²) in [6.45, 7) is 6.32. The van der Waals surface area contributed by atoms with E-state index in [4.69, 9.17) is 9.47 Å². The Hall–Kier alpha value is -0.541. The zero-order chi connectivity index (χ0) is 16.5. The fourth-order valence-electron chi connectivity index (χ4n) is 2.13. The van der Waals surface area contributed by atoms with Gasteiger partial charge in [0.25, 0.3) is 0 Å². The molecule has 0 aromatic rings. The van der Waals surface area contributed by atoms with E-state index in [0.29, 0.717) is 0 Å². The predicted molar refractivity (Wildman–Crippen MR) is 83.3 cm³/mol. The molecule has 2 aliphatic rings. The minimum atomic E-state index is -0.337. The molecule has 0 amide bonds. The van der Waals surface area contributed by atoms with Gasteiger partial charge in [0.05, 0.1) is 0 Å². The van der Waals surface area contributed by atoms with Gasteiger partial charge >= 0.3 is 29.0 Å².